The molecule has 7 nitrogen and oxygen atoms in total. The van der Waals surface area contributed by atoms with Crippen molar-refractivity contribution < 1.29 is 18.0 Å². The lowest BCUT2D eigenvalue weighted by Gasteiger charge is -2.30. The zero-order chi connectivity index (χ0) is 23.7. The first-order chi connectivity index (χ1) is 15.1. The van der Waals surface area contributed by atoms with E-state index in [4.69, 9.17) is 0 Å². The Morgan fingerprint density at radius 3 is 2.03 bits per heavy atom. The molecule has 32 heavy (non-hydrogen) atoms. The second-order valence-corrected chi connectivity index (χ2v) is 10.0. The summed E-state index contributed by atoms with van der Waals surface area (Å²) in [4.78, 5) is 27.3. The molecule has 0 unspecified atom stereocenters. The Bertz CT molecular complexity index is 979. The first-order valence-electron chi connectivity index (χ1n) is 10.8. The summed E-state index contributed by atoms with van der Waals surface area (Å²) in [6.45, 7) is 5.95. The number of carbonyl (C=O) groups is 2. The number of benzene rings is 2. The van der Waals surface area contributed by atoms with Crippen LogP contribution in [0.4, 0.5) is 5.69 Å². The molecule has 0 aromatic heterocycles. The van der Waals surface area contributed by atoms with E-state index >= 15 is 0 Å². The van der Waals surface area contributed by atoms with E-state index < -0.39 is 16.1 Å². The maximum Gasteiger partial charge on any atom is 0.242 e. The smallest absolute Gasteiger partial charge is 0.242 e. The third-order valence-corrected chi connectivity index (χ3v) is 6.18. The molecule has 0 saturated carbocycles. The summed E-state index contributed by atoms with van der Waals surface area (Å²) in [7, 11) is -3.48. The van der Waals surface area contributed by atoms with E-state index in [1.54, 1.807) is 36.1 Å². The molecule has 0 aliphatic heterocycles. The van der Waals surface area contributed by atoms with Gasteiger partial charge in [-0.2, -0.15) is 0 Å². The fourth-order valence-corrected chi connectivity index (χ4v) is 4.33. The second-order valence-electron chi connectivity index (χ2n) is 8.12. The number of carbonyl (C=O) groups excluding carboxylic acids is 2. The first-order valence-corrected chi connectivity index (χ1v) is 12.6. The normalized spacial score (nSPS) is 12.3. The monoisotopic (exact) mass is 459 g/mol. The molecule has 2 amide bonds. The molecule has 0 radical (unpaired) electrons. The van der Waals surface area contributed by atoms with Gasteiger partial charge in [-0.05, 0) is 44.9 Å². The van der Waals surface area contributed by atoms with Crippen LogP contribution in [0.1, 0.15) is 39.2 Å². The highest BCUT2D eigenvalue weighted by Gasteiger charge is 2.26. The number of rotatable bonds is 11. The van der Waals surface area contributed by atoms with Crippen LogP contribution in [-0.2, 0) is 26.2 Å². The van der Waals surface area contributed by atoms with Crippen LogP contribution >= 0.6 is 0 Å². The fraction of sp³-hybridized carbons (Fsp3) is 0.417. The summed E-state index contributed by atoms with van der Waals surface area (Å²) in [6, 6.07) is 17.6. The van der Waals surface area contributed by atoms with Crippen LogP contribution in [0.5, 0.6) is 0 Å². The van der Waals surface area contributed by atoms with E-state index in [2.05, 4.69) is 5.32 Å². The summed E-state index contributed by atoms with van der Waals surface area (Å²) in [6.07, 6.45) is 1.62. The number of hydrogen-bond acceptors (Lipinski definition) is 4. The third-order valence-electron chi connectivity index (χ3n) is 4.99. The SMILES string of the molecule is CC(C)NC(=O)[C@H](C)N(Cc1ccccc1)C(=O)CCCN(c1ccccc1)S(C)(=O)=O. The fourth-order valence-electron chi connectivity index (χ4n) is 3.37. The van der Waals surface area contributed by atoms with Crippen molar-refractivity contribution in [1.82, 2.24) is 10.2 Å². The van der Waals surface area contributed by atoms with Crippen molar-refractivity contribution in [3.05, 3.63) is 66.2 Å². The molecule has 2 rings (SSSR count). The van der Waals surface area contributed by atoms with Gasteiger partial charge in [-0.15, -0.1) is 0 Å². The summed E-state index contributed by atoms with van der Waals surface area (Å²) < 4.78 is 25.8. The average Bonchev–Trinajstić information content (AvgIpc) is 2.74. The highest BCUT2D eigenvalue weighted by atomic mass is 32.2. The van der Waals surface area contributed by atoms with Crippen LogP contribution in [0.15, 0.2) is 60.7 Å². The summed E-state index contributed by atoms with van der Waals surface area (Å²) in [5.74, 6) is -0.409. The quantitative estimate of drug-likeness (QED) is 0.559. The maximum atomic E-state index is 13.1. The van der Waals surface area contributed by atoms with E-state index in [1.165, 1.54) is 4.31 Å². The highest BCUT2D eigenvalue weighted by molar-refractivity contribution is 7.92. The van der Waals surface area contributed by atoms with Crippen molar-refractivity contribution in [1.29, 1.82) is 0 Å². The number of anilines is 1. The van der Waals surface area contributed by atoms with Gasteiger partial charge in [-0.1, -0.05) is 48.5 Å². The predicted octanol–water partition coefficient (Wildman–Crippen LogP) is 3.17. The second kappa shape index (κ2) is 11.7. The minimum Gasteiger partial charge on any atom is -0.352 e. The molecule has 0 spiro atoms. The minimum atomic E-state index is -3.48. The third kappa shape index (κ3) is 7.67. The van der Waals surface area contributed by atoms with Crippen LogP contribution in [0, 0.1) is 0 Å². The van der Waals surface area contributed by atoms with Gasteiger partial charge in [0.05, 0.1) is 11.9 Å². The minimum absolute atomic E-state index is 0.0344. The molecule has 0 heterocycles. The number of sulfonamides is 1. The van der Waals surface area contributed by atoms with Crippen molar-refractivity contribution >= 4 is 27.5 Å². The van der Waals surface area contributed by atoms with E-state index in [-0.39, 0.29) is 30.8 Å². The van der Waals surface area contributed by atoms with Gasteiger partial charge in [-0.25, -0.2) is 8.42 Å². The molecule has 1 atom stereocenters. The van der Waals surface area contributed by atoms with Crippen LogP contribution < -0.4 is 9.62 Å². The van der Waals surface area contributed by atoms with E-state index in [1.807, 2.05) is 50.2 Å². The molecule has 0 saturated heterocycles. The van der Waals surface area contributed by atoms with E-state index in [9.17, 15) is 18.0 Å². The lowest BCUT2D eigenvalue weighted by atomic mass is 10.1. The van der Waals surface area contributed by atoms with Gasteiger partial charge in [-0.3, -0.25) is 13.9 Å². The van der Waals surface area contributed by atoms with Crippen molar-refractivity contribution in [3.8, 4) is 0 Å². The Morgan fingerprint density at radius 2 is 1.50 bits per heavy atom. The summed E-state index contributed by atoms with van der Waals surface area (Å²) >= 11 is 0. The van der Waals surface area contributed by atoms with Crippen molar-refractivity contribution in [2.75, 3.05) is 17.1 Å². The Kier molecular flexibility index (Phi) is 9.26. The first kappa shape index (κ1) is 25.4. The molecule has 0 bridgehead atoms. The Hall–Kier alpha value is -2.87. The van der Waals surface area contributed by atoms with Crippen molar-refractivity contribution in [2.45, 2.75) is 52.2 Å². The summed E-state index contributed by atoms with van der Waals surface area (Å²) in [5, 5.41) is 2.86. The van der Waals surface area contributed by atoms with Gasteiger partial charge >= 0.3 is 0 Å². The Balaban J connectivity index is 2.12. The topological polar surface area (TPSA) is 86.8 Å². The lowest BCUT2D eigenvalue weighted by molar-refractivity contribution is -0.140. The number of amides is 2. The van der Waals surface area contributed by atoms with Crippen molar-refractivity contribution in [2.24, 2.45) is 0 Å². The average molecular weight is 460 g/mol. The van der Waals surface area contributed by atoms with Gasteiger partial charge in [0.1, 0.15) is 6.04 Å². The largest absolute Gasteiger partial charge is 0.352 e. The molecular weight excluding hydrogens is 426 g/mol. The number of nitrogens with zero attached hydrogens (tertiary/aromatic N) is 2. The highest BCUT2D eigenvalue weighted by Crippen LogP contribution is 2.18. The molecular formula is C24H33N3O4S. The number of hydrogen-bond donors (Lipinski definition) is 1. The molecule has 174 valence electrons. The molecule has 0 fully saturated rings. The van der Waals surface area contributed by atoms with Crippen LogP contribution in [0.25, 0.3) is 0 Å². The molecule has 2 aromatic carbocycles. The maximum absolute atomic E-state index is 13.1. The molecule has 8 heteroatoms. The number of para-hydroxylation sites is 1. The van der Waals surface area contributed by atoms with Gasteiger partial charge in [0.25, 0.3) is 0 Å². The Labute approximate surface area is 191 Å². The zero-order valence-electron chi connectivity index (χ0n) is 19.2. The molecule has 1 N–H and O–H groups in total. The zero-order valence-corrected chi connectivity index (χ0v) is 20.0. The van der Waals surface area contributed by atoms with Gasteiger partial charge in [0.2, 0.25) is 21.8 Å². The van der Waals surface area contributed by atoms with Crippen molar-refractivity contribution in [3.63, 3.8) is 0 Å². The van der Waals surface area contributed by atoms with Gasteiger partial charge < -0.3 is 10.2 Å². The van der Waals surface area contributed by atoms with Crippen LogP contribution in [-0.4, -0.2) is 50.0 Å². The van der Waals surface area contributed by atoms with Crippen LogP contribution in [0.2, 0.25) is 0 Å². The standard InChI is InChI=1S/C24H33N3O4S/c1-19(2)25-24(29)20(3)26(18-21-12-7-5-8-13-21)23(28)16-11-17-27(32(4,30)31)22-14-9-6-10-15-22/h5-10,12-15,19-20H,11,16-18H2,1-4H3,(H,25,29)/t20-/m0/s1. The molecule has 0 aliphatic rings. The summed E-state index contributed by atoms with van der Waals surface area (Å²) in [5.41, 5.74) is 1.49. The predicted molar refractivity (Wildman–Crippen MR) is 128 cm³/mol. The molecule has 0 aliphatic carbocycles. The number of nitrogens with one attached hydrogen (secondary N) is 1. The molecule has 2 aromatic rings. The van der Waals surface area contributed by atoms with Gasteiger partial charge in [0, 0.05) is 25.6 Å². The van der Waals surface area contributed by atoms with Crippen LogP contribution in [0.3, 0.4) is 0 Å². The van der Waals surface area contributed by atoms with E-state index in [0.29, 0.717) is 18.7 Å². The van der Waals surface area contributed by atoms with Gasteiger partial charge in [0.15, 0.2) is 0 Å². The Morgan fingerprint density at radius 1 is 0.938 bits per heavy atom. The van der Waals surface area contributed by atoms with E-state index in [0.717, 1.165) is 11.8 Å². The lowest BCUT2D eigenvalue weighted by Crippen LogP contribution is -2.49.